The number of nitrogens with one attached hydrogen (secondary N) is 1. The van der Waals surface area contributed by atoms with Crippen LogP contribution < -0.4 is 5.69 Å². The van der Waals surface area contributed by atoms with Gasteiger partial charge in [0.1, 0.15) is 0 Å². The molecule has 2 rings (SSSR count). The van der Waals surface area contributed by atoms with E-state index < -0.39 is 11.6 Å². The van der Waals surface area contributed by atoms with E-state index in [1.165, 1.54) is 24.7 Å². The number of pyridine rings is 1. The van der Waals surface area contributed by atoms with E-state index in [2.05, 4.69) is 15.0 Å². The lowest BCUT2D eigenvalue weighted by atomic mass is 10.2. The standard InChI is InChI=1S/C9H6FN3O/c10-8-2-1-6(3-11-8)7-4-12-9(14)13-5-7/h1-5H,(H,12,13,14). The number of hydrogen-bond donors (Lipinski definition) is 1. The number of hydrogen-bond acceptors (Lipinski definition) is 3. The topological polar surface area (TPSA) is 58.6 Å². The van der Waals surface area contributed by atoms with Crippen LogP contribution in [0.2, 0.25) is 0 Å². The summed E-state index contributed by atoms with van der Waals surface area (Å²) in [5.41, 5.74) is 0.982. The first-order chi connectivity index (χ1) is 6.75. The molecule has 0 aliphatic carbocycles. The van der Waals surface area contributed by atoms with Crippen molar-refractivity contribution in [3.05, 3.63) is 47.2 Å². The van der Waals surface area contributed by atoms with Gasteiger partial charge < -0.3 is 4.98 Å². The van der Waals surface area contributed by atoms with Crippen LogP contribution in [0.25, 0.3) is 11.1 Å². The van der Waals surface area contributed by atoms with Gasteiger partial charge in [-0.05, 0) is 12.1 Å². The lowest BCUT2D eigenvalue weighted by Gasteiger charge is -1.98. The molecule has 0 spiro atoms. The fourth-order valence-electron chi connectivity index (χ4n) is 1.05. The van der Waals surface area contributed by atoms with Gasteiger partial charge >= 0.3 is 5.69 Å². The molecule has 0 saturated carbocycles. The van der Waals surface area contributed by atoms with Gasteiger partial charge in [0.25, 0.3) is 0 Å². The van der Waals surface area contributed by atoms with Crippen LogP contribution in [0, 0.1) is 5.95 Å². The second-order valence-corrected chi connectivity index (χ2v) is 2.68. The highest BCUT2D eigenvalue weighted by atomic mass is 19.1. The number of rotatable bonds is 1. The molecule has 1 N–H and O–H groups in total. The molecule has 2 heterocycles. The van der Waals surface area contributed by atoms with Crippen molar-refractivity contribution in [1.29, 1.82) is 0 Å². The highest BCUT2D eigenvalue weighted by molar-refractivity contribution is 5.59. The lowest BCUT2D eigenvalue weighted by Crippen LogP contribution is -2.07. The van der Waals surface area contributed by atoms with E-state index in [0.717, 1.165) is 0 Å². The SMILES string of the molecule is O=c1ncc(-c2ccc(F)nc2)c[nH]1. The number of aromatic nitrogens is 3. The summed E-state index contributed by atoms with van der Waals surface area (Å²) in [6.45, 7) is 0. The van der Waals surface area contributed by atoms with Crippen molar-refractivity contribution < 1.29 is 4.39 Å². The normalized spacial score (nSPS) is 10.1. The maximum Gasteiger partial charge on any atom is 0.344 e. The molecule has 14 heavy (non-hydrogen) atoms. The quantitative estimate of drug-likeness (QED) is 0.683. The summed E-state index contributed by atoms with van der Waals surface area (Å²) in [5.74, 6) is -0.536. The molecule has 70 valence electrons. The second kappa shape index (κ2) is 3.37. The third-order valence-electron chi connectivity index (χ3n) is 1.73. The van der Waals surface area contributed by atoms with Crippen molar-refractivity contribution in [1.82, 2.24) is 15.0 Å². The van der Waals surface area contributed by atoms with E-state index in [-0.39, 0.29) is 0 Å². The maximum atomic E-state index is 12.5. The fraction of sp³-hybridized carbons (Fsp3) is 0. The third kappa shape index (κ3) is 1.66. The predicted molar refractivity (Wildman–Crippen MR) is 48.0 cm³/mol. The summed E-state index contributed by atoms with van der Waals surface area (Å²) < 4.78 is 12.5. The number of aromatic amines is 1. The monoisotopic (exact) mass is 191 g/mol. The largest absolute Gasteiger partial charge is 0.344 e. The van der Waals surface area contributed by atoms with Gasteiger partial charge in [-0.2, -0.15) is 4.39 Å². The summed E-state index contributed by atoms with van der Waals surface area (Å²) in [4.78, 5) is 20.1. The van der Waals surface area contributed by atoms with E-state index in [1.807, 2.05) is 0 Å². The zero-order chi connectivity index (χ0) is 9.97. The molecule has 0 radical (unpaired) electrons. The molecular formula is C9H6FN3O. The minimum Gasteiger partial charge on any atom is -0.312 e. The van der Waals surface area contributed by atoms with Gasteiger partial charge in [0, 0.05) is 29.7 Å². The van der Waals surface area contributed by atoms with E-state index in [1.54, 1.807) is 6.07 Å². The molecule has 0 aliphatic heterocycles. The number of H-pyrrole nitrogens is 1. The van der Waals surface area contributed by atoms with Crippen molar-refractivity contribution in [3.63, 3.8) is 0 Å². The Hall–Kier alpha value is -2.04. The summed E-state index contributed by atoms with van der Waals surface area (Å²) in [6, 6.07) is 2.82. The molecule has 4 nitrogen and oxygen atoms in total. The van der Waals surface area contributed by atoms with Crippen molar-refractivity contribution >= 4 is 0 Å². The van der Waals surface area contributed by atoms with Crippen LogP contribution in [0.4, 0.5) is 4.39 Å². The average molecular weight is 191 g/mol. The summed E-state index contributed by atoms with van der Waals surface area (Å²) in [7, 11) is 0. The van der Waals surface area contributed by atoms with Gasteiger partial charge in [-0.3, -0.25) is 0 Å². The van der Waals surface area contributed by atoms with E-state index in [4.69, 9.17) is 0 Å². The summed E-state index contributed by atoms with van der Waals surface area (Å²) in [5, 5.41) is 0. The molecule has 5 heteroatoms. The lowest BCUT2D eigenvalue weighted by molar-refractivity contribution is 0.584. The van der Waals surface area contributed by atoms with Crippen molar-refractivity contribution in [3.8, 4) is 11.1 Å². The van der Waals surface area contributed by atoms with Crippen LogP contribution in [0.5, 0.6) is 0 Å². The third-order valence-corrected chi connectivity index (χ3v) is 1.73. The molecule has 0 saturated heterocycles. The van der Waals surface area contributed by atoms with Crippen LogP contribution in [0.3, 0.4) is 0 Å². The highest BCUT2D eigenvalue weighted by Gasteiger charge is 1.98. The van der Waals surface area contributed by atoms with Gasteiger partial charge in [-0.1, -0.05) is 0 Å². The second-order valence-electron chi connectivity index (χ2n) is 2.68. The van der Waals surface area contributed by atoms with E-state index in [0.29, 0.717) is 11.1 Å². The zero-order valence-corrected chi connectivity index (χ0v) is 7.07. The Balaban J connectivity index is 2.44. The van der Waals surface area contributed by atoms with Gasteiger partial charge in [-0.15, -0.1) is 0 Å². The first-order valence-corrected chi connectivity index (χ1v) is 3.92. The molecule has 2 aromatic rings. The smallest absolute Gasteiger partial charge is 0.312 e. The molecular weight excluding hydrogens is 185 g/mol. The summed E-state index contributed by atoms with van der Waals surface area (Å²) >= 11 is 0. The molecule has 0 amide bonds. The Morgan fingerprint density at radius 1 is 1.14 bits per heavy atom. The summed E-state index contributed by atoms with van der Waals surface area (Å²) in [6.07, 6.45) is 4.29. The van der Waals surface area contributed by atoms with Crippen LogP contribution >= 0.6 is 0 Å². The van der Waals surface area contributed by atoms with E-state index >= 15 is 0 Å². The maximum absolute atomic E-state index is 12.5. The Bertz CT molecular complexity index is 472. The van der Waals surface area contributed by atoms with Gasteiger partial charge in [0.15, 0.2) is 0 Å². The van der Waals surface area contributed by atoms with Gasteiger partial charge in [0.2, 0.25) is 5.95 Å². The van der Waals surface area contributed by atoms with E-state index in [9.17, 15) is 9.18 Å². The average Bonchev–Trinajstić information content (AvgIpc) is 2.21. The Morgan fingerprint density at radius 3 is 2.50 bits per heavy atom. The van der Waals surface area contributed by atoms with Crippen molar-refractivity contribution in [2.45, 2.75) is 0 Å². The zero-order valence-electron chi connectivity index (χ0n) is 7.07. The molecule has 0 aliphatic rings. The van der Waals surface area contributed by atoms with Crippen molar-refractivity contribution in [2.24, 2.45) is 0 Å². The van der Waals surface area contributed by atoms with Crippen LogP contribution in [0.1, 0.15) is 0 Å². The minimum absolute atomic E-state index is 0.413. The first kappa shape index (κ1) is 8.55. The number of nitrogens with zero attached hydrogens (tertiary/aromatic N) is 2. The van der Waals surface area contributed by atoms with Crippen molar-refractivity contribution in [2.75, 3.05) is 0 Å². The predicted octanol–water partition coefficient (Wildman–Crippen LogP) is 0.971. The van der Waals surface area contributed by atoms with Crippen LogP contribution in [-0.2, 0) is 0 Å². The van der Waals surface area contributed by atoms with Crippen LogP contribution in [-0.4, -0.2) is 15.0 Å². The van der Waals surface area contributed by atoms with Gasteiger partial charge in [-0.25, -0.2) is 14.8 Å². The Kier molecular flexibility index (Phi) is 2.06. The molecule has 2 aromatic heterocycles. The van der Waals surface area contributed by atoms with Crippen LogP contribution in [0.15, 0.2) is 35.5 Å². The van der Waals surface area contributed by atoms with Gasteiger partial charge in [0.05, 0.1) is 0 Å². The molecule has 0 aromatic carbocycles. The number of halogens is 1. The minimum atomic E-state index is -0.536. The fourth-order valence-corrected chi connectivity index (χ4v) is 1.05. The Labute approximate surface area is 78.5 Å². The molecule has 0 unspecified atom stereocenters. The highest BCUT2D eigenvalue weighted by Crippen LogP contribution is 2.14. The molecule has 0 atom stereocenters. The molecule has 0 fully saturated rings. The molecule has 0 bridgehead atoms. The first-order valence-electron chi connectivity index (χ1n) is 3.92. The Morgan fingerprint density at radius 2 is 1.93 bits per heavy atom.